The Morgan fingerprint density at radius 1 is 1.40 bits per heavy atom. The van der Waals surface area contributed by atoms with Crippen molar-refractivity contribution >= 4 is 18.4 Å². The monoisotopic (exact) mass is 228 g/mol. The van der Waals surface area contributed by atoms with Crippen LogP contribution in [0.5, 0.6) is 0 Å². The molecule has 0 aliphatic heterocycles. The molecule has 1 aromatic carbocycles. The van der Waals surface area contributed by atoms with Crippen LogP contribution >= 0.6 is 12.4 Å². The van der Waals surface area contributed by atoms with E-state index in [1.165, 1.54) is 5.56 Å². The summed E-state index contributed by atoms with van der Waals surface area (Å²) in [5.74, 6) is 0.473. The third-order valence-electron chi connectivity index (χ3n) is 1.94. The second-order valence-corrected chi connectivity index (χ2v) is 2.96. The Labute approximate surface area is 96.6 Å². The van der Waals surface area contributed by atoms with E-state index in [0.29, 0.717) is 5.96 Å². The molecule has 5 heteroatoms. The van der Waals surface area contributed by atoms with Crippen LogP contribution in [0.25, 0.3) is 0 Å². The van der Waals surface area contributed by atoms with Crippen molar-refractivity contribution in [2.45, 2.75) is 6.54 Å². The van der Waals surface area contributed by atoms with Gasteiger partial charge in [-0.1, -0.05) is 30.3 Å². The van der Waals surface area contributed by atoms with Crippen LogP contribution in [0, 0.1) is 0 Å². The first-order chi connectivity index (χ1) is 6.74. The highest BCUT2D eigenvalue weighted by Crippen LogP contribution is 1.97. The predicted octanol–water partition coefficient (Wildman–Crippen LogP) is 0.989. The Morgan fingerprint density at radius 3 is 2.53 bits per heavy atom. The van der Waals surface area contributed by atoms with Crippen LogP contribution in [0.1, 0.15) is 5.56 Å². The van der Waals surface area contributed by atoms with Crippen molar-refractivity contribution in [2.24, 2.45) is 10.7 Å². The van der Waals surface area contributed by atoms with E-state index in [2.05, 4.69) is 22.6 Å². The number of halogens is 1. The van der Waals surface area contributed by atoms with Crippen molar-refractivity contribution in [1.82, 2.24) is 10.4 Å². The van der Waals surface area contributed by atoms with Gasteiger partial charge >= 0.3 is 0 Å². The highest BCUT2D eigenvalue weighted by Gasteiger charge is 1.98. The van der Waals surface area contributed by atoms with E-state index in [-0.39, 0.29) is 12.4 Å². The van der Waals surface area contributed by atoms with Crippen molar-refractivity contribution in [3.8, 4) is 0 Å². The second kappa shape index (κ2) is 7.09. The minimum atomic E-state index is 0. The number of rotatable bonds is 3. The van der Waals surface area contributed by atoms with Crippen LogP contribution in [0.2, 0.25) is 0 Å². The second-order valence-electron chi connectivity index (χ2n) is 2.96. The van der Waals surface area contributed by atoms with E-state index < -0.39 is 0 Å². The first kappa shape index (κ1) is 13.7. The molecule has 84 valence electrons. The van der Waals surface area contributed by atoms with Crippen molar-refractivity contribution < 1.29 is 0 Å². The van der Waals surface area contributed by atoms with E-state index in [9.17, 15) is 0 Å². The van der Waals surface area contributed by atoms with Crippen molar-refractivity contribution in [2.75, 3.05) is 14.1 Å². The summed E-state index contributed by atoms with van der Waals surface area (Å²) in [5, 5.41) is 1.70. The third-order valence-corrected chi connectivity index (χ3v) is 1.94. The predicted molar refractivity (Wildman–Crippen MR) is 65.8 cm³/mol. The standard InChI is InChI=1S/C10H16N4.ClH/c1-12-10(11)14(2)13-8-9-6-4-3-5-7-9;/h3-7,13H,8H2,1-2H3,(H2,11,12);1H. The van der Waals surface area contributed by atoms with Crippen molar-refractivity contribution in [3.05, 3.63) is 35.9 Å². The number of hydrogen-bond acceptors (Lipinski definition) is 2. The largest absolute Gasteiger partial charge is 0.369 e. The SMILES string of the molecule is CN=C(N)N(C)NCc1ccccc1.Cl. The molecule has 1 aromatic rings. The van der Waals surface area contributed by atoms with E-state index >= 15 is 0 Å². The van der Waals surface area contributed by atoms with Crippen LogP contribution in [0.3, 0.4) is 0 Å². The Hall–Kier alpha value is -1.26. The van der Waals surface area contributed by atoms with Gasteiger partial charge in [-0.3, -0.25) is 10.0 Å². The number of benzene rings is 1. The van der Waals surface area contributed by atoms with E-state index in [1.54, 1.807) is 12.1 Å². The lowest BCUT2D eigenvalue weighted by molar-refractivity contribution is 0.358. The average Bonchev–Trinajstić information content (AvgIpc) is 2.26. The van der Waals surface area contributed by atoms with Gasteiger partial charge in [0.25, 0.3) is 0 Å². The molecular formula is C10H17ClN4. The van der Waals surface area contributed by atoms with Gasteiger partial charge in [-0.25, -0.2) is 5.43 Å². The number of aliphatic imine (C=N–C) groups is 1. The van der Waals surface area contributed by atoms with E-state index in [4.69, 9.17) is 5.73 Å². The highest BCUT2D eigenvalue weighted by atomic mass is 35.5. The van der Waals surface area contributed by atoms with Gasteiger partial charge in [-0.15, -0.1) is 12.4 Å². The van der Waals surface area contributed by atoms with Gasteiger partial charge in [0.15, 0.2) is 0 Å². The lowest BCUT2D eigenvalue weighted by atomic mass is 10.2. The molecule has 0 aliphatic rings. The normalized spacial score (nSPS) is 10.7. The number of nitrogens with zero attached hydrogens (tertiary/aromatic N) is 2. The molecule has 0 saturated carbocycles. The summed E-state index contributed by atoms with van der Waals surface area (Å²) in [6.45, 7) is 0.744. The fourth-order valence-electron chi connectivity index (χ4n) is 1.04. The van der Waals surface area contributed by atoms with E-state index in [1.807, 2.05) is 25.2 Å². The molecule has 0 heterocycles. The molecule has 0 atom stereocenters. The summed E-state index contributed by atoms with van der Waals surface area (Å²) in [6, 6.07) is 10.1. The Morgan fingerprint density at radius 2 is 2.00 bits per heavy atom. The molecular weight excluding hydrogens is 212 g/mol. The lowest BCUT2D eigenvalue weighted by Gasteiger charge is -2.18. The molecule has 0 spiro atoms. The van der Waals surface area contributed by atoms with Gasteiger partial charge in [0, 0.05) is 20.6 Å². The average molecular weight is 229 g/mol. The van der Waals surface area contributed by atoms with Gasteiger partial charge in [0.2, 0.25) is 5.96 Å². The zero-order valence-corrected chi connectivity index (χ0v) is 9.79. The van der Waals surface area contributed by atoms with Crippen molar-refractivity contribution in [1.29, 1.82) is 0 Å². The quantitative estimate of drug-likeness (QED) is 0.461. The molecule has 0 fully saturated rings. The Kier molecular flexibility index (Phi) is 6.49. The first-order valence-corrected chi connectivity index (χ1v) is 4.47. The van der Waals surface area contributed by atoms with Crippen LogP contribution < -0.4 is 11.2 Å². The van der Waals surface area contributed by atoms with Crippen LogP contribution in [0.4, 0.5) is 0 Å². The summed E-state index contributed by atoms with van der Waals surface area (Å²) in [7, 11) is 3.50. The minimum Gasteiger partial charge on any atom is -0.369 e. The molecule has 0 bridgehead atoms. The lowest BCUT2D eigenvalue weighted by Crippen LogP contribution is -2.43. The van der Waals surface area contributed by atoms with Crippen molar-refractivity contribution in [3.63, 3.8) is 0 Å². The summed E-state index contributed by atoms with van der Waals surface area (Å²) in [6.07, 6.45) is 0. The molecule has 3 N–H and O–H groups in total. The van der Waals surface area contributed by atoms with Gasteiger partial charge in [-0.2, -0.15) is 0 Å². The maximum Gasteiger partial charge on any atom is 0.205 e. The molecule has 0 aliphatic carbocycles. The molecule has 0 aromatic heterocycles. The summed E-state index contributed by atoms with van der Waals surface area (Å²) >= 11 is 0. The molecule has 0 radical (unpaired) electrons. The fraction of sp³-hybridized carbons (Fsp3) is 0.300. The van der Waals surface area contributed by atoms with Crippen LogP contribution in [0.15, 0.2) is 35.3 Å². The fourth-order valence-corrected chi connectivity index (χ4v) is 1.04. The molecule has 0 amide bonds. The Bertz CT molecular complexity index is 300. The number of guanidine groups is 1. The maximum absolute atomic E-state index is 5.59. The summed E-state index contributed by atoms with van der Waals surface area (Å²) in [4.78, 5) is 3.86. The third kappa shape index (κ3) is 4.67. The zero-order chi connectivity index (χ0) is 10.4. The number of nitrogens with two attached hydrogens (primary N) is 1. The Balaban J connectivity index is 0.00000196. The summed E-state index contributed by atoms with van der Waals surface area (Å²) in [5.41, 5.74) is 9.93. The molecule has 4 nitrogen and oxygen atoms in total. The molecule has 0 unspecified atom stereocenters. The van der Waals surface area contributed by atoms with Crippen LogP contribution in [-0.4, -0.2) is 25.1 Å². The topological polar surface area (TPSA) is 53.6 Å². The first-order valence-electron chi connectivity index (χ1n) is 4.47. The number of nitrogens with one attached hydrogen (secondary N) is 1. The zero-order valence-electron chi connectivity index (χ0n) is 8.97. The smallest absolute Gasteiger partial charge is 0.205 e. The molecule has 1 rings (SSSR count). The molecule has 15 heavy (non-hydrogen) atoms. The van der Waals surface area contributed by atoms with Crippen LogP contribution in [-0.2, 0) is 6.54 Å². The van der Waals surface area contributed by atoms with Gasteiger partial charge in [-0.05, 0) is 5.56 Å². The number of hydrazine groups is 1. The van der Waals surface area contributed by atoms with E-state index in [0.717, 1.165) is 6.54 Å². The maximum atomic E-state index is 5.59. The highest BCUT2D eigenvalue weighted by molar-refractivity contribution is 5.85. The van der Waals surface area contributed by atoms with Gasteiger partial charge in [0.05, 0.1) is 0 Å². The molecule has 0 saturated heterocycles. The van der Waals surface area contributed by atoms with Gasteiger partial charge in [0.1, 0.15) is 0 Å². The minimum absolute atomic E-state index is 0. The summed E-state index contributed by atoms with van der Waals surface area (Å²) < 4.78 is 0. The number of hydrogen-bond donors (Lipinski definition) is 2. The van der Waals surface area contributed by atoms with Gasteiger partial charge < -0.3 is 5.73 Å².